The number of hydrogen-bond acceptors (Lipinski definition) is 3. The van der Waals surface area contributed by atoms with E-state index in [-0.39, 0.29) is 18.4 Å². The molecule has 6 heteroatoms. The second-order valence-electron chi connectivity index (χ2n) is 4.03. The van der Waals surface area contributed by atoms with Gasteiger partial charge in [-0.2, -0.15) is 0 Å². The van der Waals surface area contributed by atoms with Crippen molar-refractivity contribution in [3.63, 3.8) is 0 Å². The van der Waals surface area contributed by atoms with Gasteiger partial charge < -0.3 is 20.5 Å². The van der Waals surface area contributed by atoms with Crippen LogP contribution in [-0.2, 0) is 9.53 Å². The van der Waals surface area contributed by atoms with Gasteiger partial charge in [0.1, 0.15) is 0 Å². The molecule has 0 aliphatic carbocycles. The first-order valence-corrected chi connectivity index (χ1v) is 5.98. The molecule has 18 heavy (non-hydrogen) atoms. The third-order valence-electron chi connectivity index (χ3n) is 2.13. The van der Waals surface area contributed by atoms with Gasteiger partial charge in [-0.15, -0.1) is 6.58 Å². The SMILES string of the molecule is C=CCCOCCNC(=O)NCC(C)CC(=O)O. The van der Waals surface area contributed by atoms with E-state index in [9.17, 15) is 9.59 Å². The minimum absolute atomic E-state index is 0.0466. The molecule has 0 saturated carbocycles. The molecule has 0 rings (SSSR count). The maximum atomic E-state index is 11.3. The number of rotatable bonds is 10. The molecule has 0 heterocycles. The fraction of sp³-hybridized carbons (Fsp3) is 0.667. The van der Waals surface area contributed by atoms with Gasteiger partial charge in [-0.3, -0.25) is 4.79 Å². The molecule has 1 atom stereocenters. The van der Waals surface area contributed by atoms with Gasteiger partial charge in [0.25, 0.3) is 0 Å². The van der Waals surface area contributed by atoms with Crippen molar-refractivity contribution in [3.8, 4) is 0 Å². The Morgan fingerprint density at radius 1 is 1.39 bits per heavy atom. The van der Waals surface area contributed by atoms with E-state index in [2.05, 4.69) is 17.2 Å². The van der Waals surface area contributed by atoms with Gasteiger partial charge in [0.15, 0.2) is 0 Å². The van der Waals surface area contributed by atoms with E-state index in [4.69, 9.17) is 9.84 Å². The van der Waals surface area contributed by atoms with Crippen LogP contribution < -0.4 is 10.6 Å². The Kier molecular flexibility index (Phi) is 9.67. The van der Waals surface area contributed by atoms with Crippen LogP contribution in [0.3, 0.4) is 0 Å². The van der Waals surface area contributed by atoms with Gasteiger partial charge in [-0.25, -0.2) is 4.79 Å². The minimum Gasteiger partial charge on any atom is -0.481 e. The number of carbonyl (C=O) groups is 2. The van der Waals surface area contributed by atoms with Crippen LogP contribution in [0.4, 0.5) is 4.79 Å². The van der Waals surface area contributed by atoms with Gasteiger partial charge >= 0.3 is 12.0 Å². The van der Waals surface area contributed by atoms with Crippen LogP contribution >= 0.6 is 0 Å². The van der Waals surface area contributed by atoms with Crippen molar-refractivity contribution < 1.29 is 19.4 Å². The van der Waals surface area contributed by atoms with Gasteiger partial charge in [0.2, 0.25) is 0 Å². The Hall–Kier alpha value is -1.56. The minimum atomic E-state index is -0.861. The van der Waals surface area contributed by atoms with Gasteiger partial charge in [0, 0.05) is 19.5 Å². The highest BCUT2D eigenvalue weighted by Crippen LogP contribution is 1.98. The smallest absolute Gasteiger partial charge is 0.314 e. The zero-order valence-electron chi connectivity index (χ0n) is 10.8. The number of aliphatic carboxylic acids is 1. The molecule has 3 N–H and O–H groups in total. The summed E-state index contributed by atoms with van der Waals surface area (Å²) in [7, 11) is 0. The Bertz CT molecular complexity index is 269. The first kappa shape index (κ1) is 16.4. The van der Waals surface area contributed by atoms with Crippen molar-refractivity contribution in [1.82, 2.24) is 10.6 Å². The number of carboxylic acids is 1. The van der Waals surface area contributed by atoms with Crippen LogP contribution in [0, 0.1) is 5.92 Å². The molecular formula is C12H22N2O4. The second-order valence-corrected chi connectivity index (χ2v) is 4.03. The predicted octanol–water partition coefficient (Wildman–Crippen LogP) is 0.989. The van der Waals surface area contributed by atoms with E-state index < -0.39 is 5.97 Å². The lowest BCUT2D eigenvalue weighted by molar-refractivity contribution is -0.137. The molecule has 0 spiro atoms. The summed E-state index contributed by atoms with van der Waals surface area (Å²) >= 11 is 0. The molecule has 0 aliphatic heterocycles. The van der Waals surface area contributed by atoms with Gasteiger partial charge in [0.05, 0.1) is 13.2 Å². The first-order chi connectivity index (χ1) is 8.56. The number of urea groups is 1. The van der Waals surface area contributed by atoms with E-state index in [0.717, 1.165) is 6.42 Å². The quantitative estimate of drug-likeness (QED) is 0.403. The molecule has 2 amide bonds. The van der Waals surface area contributed by atoms with Crippen LogP contribution in [0.5, 0.6) is 0 Å². The van der Waals surface area contributed by atoms with Crippen molar-refractivity contribution in [1.29, 1.82) is 0 Å². The van der Waals surface area contributed by atoms with E-state index in [1.54, 1.807) is 13.0 Å². The molecule has 0 saturated heterocycles. The third-order valence-corrected chi connectivity index (χ3v) is 2.13. The molecule has 0 aromatic rings. The number of amides is 2. The summed E-state index contributed by atoms with van der Waals surface area (Å²) in [5.41, 5.74) is 0. The van der Waals surface area contributed by atoms with Gasteiger partial charge in [-0.05, 0) is 12.3 Å². The number of nitrogens with one attached hydrogen (secondary N) is 2. The summed E-state index contributed by atoms with van der Waals surface area (Å²) in [6, 6.07) is -0.306. The van der Waals surface area contributed by atoms with Crippen LogP contribution in [0.15, 0.2) is 12.7 Å². The summed E-state index contributed by atoms with van der Waals surface area (Å²) in [5.74, 6) is -0.947. The maximum Gasteiger partial charge on any atom is 0.314 e. The summed E-state index contributed by atoms with van der Waals surface area (Å²) < 4.78 is 5.21. The molecule has 104 valence electrons. The number of ether oxygens (including phenoxy) is 1. The molecule has 0 radical (unpaired) electrons. The van der Waals surface area contributed by atoms with Crippen molar-refractivity contribution in [2.24, 2.45) is 5.92 Å². The van der Waals surface area contributed by atoms with E-state index in [0.29, 0.717) is 26.3 Å². The van der Waals surface area contributed by atoms with Crippen LogP contribution in [0.25, 0.3) is 0 Å². The lowest BCUT2D eigenvalue weighted by Crippen LogP contribution is -2.39. The Balaban J connectivity index is 3.42. The zero-order chi connectivity index (χ0) is 13.8. The van der Waals surface area contributed by atoms with Crippen LogP contribution in [-0.4, -0.2) is 43.4 Å². The van der Waals surface area contributed by atoms with Gasteiger partial charge in [-0.1, -0.05) is 13.0 Å². The average Bonchev–Trinajstić information content (AvgIpc) is 2.30. The lowest BCUT2D eigenvalue weighted by Gasteiger charge is -2.11. The molecule has 0 aromatic carbocycles. The van der Waals surface area contributed by atoms with Crippen LogP contribution in [0.2, 0.25) is 0 Å². The zero-order valence-corrected chi connectivity index (χ0v) is 10.8. The largest absolute Gasteiger partial charge is 0.481 e. The van der Waals surface area contributed by atoms with Crippen molar-refractivity contribution in [2.75, 3.05) is 26.3 Å². The third kappa shape index (κ3) is 10.9. The molecule has 0 aromatic heterocycles. The predicted molar refractivity (Wildman–Crippen MR) is 68.5 cm³/mol. The van der Waals surface area contributed by atoms with Crippen molar-refractivity contribution in [3.05, 3.63) is 12.7 Å². The number of carbonyl (C=O) groups excluding carboxylic acids is 1. The Morgan fingerprint density at radius 2 is 2.11 bits per heavy atom. The molecule has 0 bridgehead atoms. The highest BCUT2D eigenvalue weighted by atomic mass is 16.5. The monoisotopic (exact) mass is 258 g/mol. The standard InChI is InChI=1S/C12H22N2O4/c1-3-4-6-18-7-5-13-12(17)14-9-10(2)8-11(15)16/h3,10H,1,4-9H2,2H3,(H,15,16)(H2,13,14,17). The Morgan fingerprint density at radius 3 is 2.72 bits per heavy atom. The average molecular weight is 258 g/mol. The fourth-order valence-electron chi connectivity index (χ4n) is 1.21. The van der Waals surface area contributed by atoms with E-state index in [1.807, 2.05) is 0 Å². The Labute approximate surface area is 107 Å². The summed E-state index contributed by atoms with van der Waals surface area (Å²) in [6.45, 7) is 7.16. The number of hydrogen-bond donors (Lipinski definition) is 3. The second kappa shape index (κ2) is 10.6. The highest BCUT2D eigenvalue weighted by molar-refractivity contribution is 5.73. The lowest BCUT2D eigenvalue weighted by atomic mass is 10.1. The normalized spacial score (nSPS) is 11.6. The van der Waals surface area contributed by atoms with Crippen molar-refractivity contribution in [2.45, 2.75) is 19.8 Å². The maximum absolute atomic E-state index is 11.3. The summed E-state index contributed by atoms with van der Waals surface area (Å²) in [4.78, 5) is 21.7. The molecule has 1 unspecified atom stereocenters. The van der Waals surface area contributed by atoms with Crippen LogP contribution in [0.1, 0.15) is 19.8 Å². The molecule has 0 aliphatic rings. The molecule has 0 fully saturated rings. The molecular weight excluding hydrogens is 236 g/mol. The molecule has 6 nitrogen and oxygen atoms in total. The fourth-order valence-corrected chi connectivity index (χ4v) is 1.21. The highest BCUT2D eigenvalue weighted by Gasteiger charge is 2.08. The van der Waals surface area contributed by atoms with Crippen molar-refractivity contribution >= 4 is 12.0 Å². The summed E-state index contributed by atoms with van der Waals surface area (Å²) in [5, 5.41) is 13.8. The summed E-state index contributed by atoms with van der Waals surface area (Å²) in [6.07, 6.45) is 2.60. The van der Waals surface area contributed by atoms with E-state index in [1.165, 1.54) is 0 Å². The topological polar surface area (TPSA) is 87.7 Å². The first-order valence-electron chi connectivity index (χ1n) is 5.98. The number of carboxylic acid groups (broad SMARTS) is 1. The van der Waals surface area contributed by atoms with E-state index >= 15 is 0 Å².